The molecule has 0 aliphatic carbocycles. The number of urea groups is 1. The fourth-order valence-corrected chi connectivity index (χ4v) is 3.27. The van der Waals surface area contributed by atoms with Gasteiger partial charge in [0.1, 0.15) is 6.23 Å². The lowest BCUT2D eigenvalue weighted by molar-refractivity contribution is -0.0346. The molecule has 2 amide bonds. The smallest absolute Gasteiger partial charge is 0.323 e. The molecule has 1 N–H and O–H groups in total. The fourth-order valence-electron chi connectivity index (χ4n) is 3.27. The van der Waals surface area contributed by atoms with E-state index in [4.69, 9.17) is 4.74 Å². The van der Waals surface area contributed by atoms with Crippen molar-refractivity contribution in [1.82, 2.24) is 4.90 Å². The lowest BCUT2D eigenvalue weighted by atomic mass is 9.85. The lowest BCUT2D eigenvalue weighted by Gasteiger charge is -2.36. The third-order valence-corrected chi connectivity index (χ3v) is 4.91. The minimum Gasteiger partial charge on any atom is -0.356 e. The van der Waals surface area contributed by atoms with Gasteiger partial charge in [0, 0.05) is 17.6 Å². The Morgan fingerprint density at radius 3 is 2.59 bits per heavy atom. The molecule has 148 valence electrons. The number of para-hydroxylation sites is 1. The van der Waals surface area contributed by atoms with Gasteiger partial charge in [-0.2, -0.15) is 0 Å². The van der Waals surface area contributed by atoms with Gasteiger partial charge < -0.3 is 10.1 Å². The number of anilines is 1. The average molecular weight is 371 g/mol. The summed E-state index contributed by atoms with van der Waals surface area (Å²) in [7, 11) is 0. The van der Waals surface area contributed by atoms with Crippen molar-refractivity contribution in [2.75, 3.05) is 18.5 Å². The van der Waals surface area contributed by atoms with E-state index < -0.39 is 0 Å². The molecule has 1 aliphatic heterocycles. The molecule has 1 fully saturated rings. The molecule has 0 spiro atoms. The van der Waals surface area contributed by atoms with Crippen LogP contribution < -0.4 is 5.32 Å². The topological polar surface area (TPSA) is 41.6 Å². The van der Waals surface area contributed by atoms with Crippen LogP contribution in [-0.2, 0) is 4.74 Å². The van der Waals surface area contributed by atoms with Gasteiger partial charge in [0.15, 0.2) is 0 Å². The summed E-state index contributed by atoms with van der Waals surface area (Å²) in [5, 5.41) is 2.97. The molecule has 1 unspecified atom stereocenters. The summed E-state index contributed by atoms with van der Waals surface area (Å²) in [6.45, 7) is 12.0. The summed E-state index contributed by atoms with van der Waals surface area (Å²) in [4.78, 5) is 14.5. The molecular weight excluding hydrogens is 336 g/mol. The van der Waals surface area contributed by atoms with Gasteiger partial charge >= 0.3 is 6.03 Å². The van der Waals surface area contributed by atoms with Crippen molar-refractivity contribution in [3.8, 4) is 0 Å². The van der Waals surface area contributed by atoms with Crippen LogP contribution in [0.4, 0.5) is 10.5 Å². The minimum atomic E-state index is -0.219. The molecule has 1 aliphatic rings. The normalized spacial score (nSPS) is 17.7. The monoisotopic (exact) mass is 370 g/mol. The van der Waals surface area contributed by atoms with Crippen LogP contribution in [0.1, 0.15) is 53.9 Å². The van der Waals surface area contributed by atoms with Crippen LogP contribution in [0.3, 0.4) is 0 Å². The van der Waals surface area contributed by atoms with Gasteiger partial charge in [-0.1, -0.05) is 55.3 Å². The van der Waals surface area contributed by atoms with Gasteiger partial charge in [0.05, 0.1) is 6.61 Å². The highest BCUT2D eigenvalue weighted by molar-refractivity contribution is 5.89. The summed E-state index contributed by atoms with van der Waals surface area (Å²) < 4.78 is 5.96. The third kappa shape index (κ3) is 6.55. The van der Waals surface area contributed by atoms with E-state index in [1.807, 2.05) is 35.2 Å². The van der Waals surface area contributed by atoms with Crippen molar-refractivity contribution in [2.24, 2.45) is 5.41 Å². The van der Waals surface area contributed by atoms with E-state index in [9.17, 15) is 4.79 Å². The van der Waals surface area contributed by atoms with Crippen LogP contribution in [-0.4, -0.2) is 30.3 Å². The maximum absolute atomic E-state index is 12.7. The quantitative estimate of drug-likeness (QED) is 0.599. The summed E-state index contributed by atoms with van der Waals surface area (Å²) in [6.07, 6.45) is 7.39. The van der Waals surface area contributed by atoms with Crippen LogP contribution in [0, 0.1) is 5.41 Å². The van der Waals surface area contributed by atoms with E-state index in [-0.39, 0.29) is 17.7 Å². The zero-order chi connectivity index (χ0) is 19.9. The van der Waals surface area contributed by atoms with Crippen LogP contribution in [0.25, 0.3) is 0 Å². The number of carbonyl (C=O) groups is 1. The van der Waals surface area contributed by atoms with E-state index >= 15 is 0 Å². The standard InChI is InChI=1S/C23H34N2O2/c1-18(2)10-9-11-19(3)14-15-23(4,5)21-25(16-17-27-21)22(26)24-20-12-7-6-8-13-20/h6-8,10,12-14,21H,9,11,15-17H2,1-5H3,(H,24,26)/b19-14+. The Labute approximate surface area is 164 Å². The summed E-state index contributed by atoms with van der Waals surface area (Å²) in [5.41, 5.74) is 3.41. The zero-order valence-electron chi connectivity index (χ0n) is 17.4. The molecule has 1 aromatic carbocycles. The number of ether oxygens (including phenoxy) is 1. The first-order valence-corrected chi connectivity index (χ1v) is 9.83. The van der Waals surface area contributed by atoms with E-state index in [2.05, 4.69) is 52.1 Å². The number of allylic oxidation sites excluding steroid dienone is 4. The van der Waals surface area contributed by atoms with Crippen LogP contribution in [0.5, 0.6) is 0 Å². The van der Waals surface area contributed by atoms with E-state index in [1.54, 1.807) is 0 Å². The first kappa shape index (κ1) is 21.2. The number of benzene rings is 1. The Morgan fingerprint density at radius 2 is 1.93 bits per heavy atom. The number of amides is 2. The number of carbonyl (C=O) groups excluding carboxylic acids is 1. The molecule has 1 saturated heterocycles. The van der Waals surface area contributed by atoms with Gasteiger partial charge in [0.2, 0.25) is 0 Å². The highest BCUT2D eigenvalue weighted by atomic mass is 16.5. The molecule has 27 heavy (non-hydrogen) atoms. The molecule has 1 heterocycles. The van der Waals surface area contributed by atoms with Crippen LogP contribution >= 0.6 is 0 Å². The minimum absolute atomic E-state index is 0.0963. The predicted octanol–water partition coefficient (Wildman–Crippen LogP) is 5.99. The maximum atomic E-state index is 12.7. The number of hydrogen-bond donors (Lipinski definition) is 1. The predicted molar refractivity (Wildman–Crippen MR) is 113 cm³/mol. The first-order valence-electron chi connectivity index (χ1n) is 9.83. The van der Waals surface area contributed by atoms with Crippen molar-refractivity contribution in [1.29, 1.82) is 0 Å². The van der Waals surface area contributed by atoms with Crippen molar-refractivity contribution < 1.29 is 9.53 Å². The van der Waals surface area contributed by atoms with Crippen LogP contribution in [0.15, 0.2) is 53.6 Å². The van der Waals surface area contributed by atoms with E-state index in [0.29, 0.717) is 13.2 Å². The largest absolute Gasteiger partial charge is 0.356 e. The van der Waals surface area contributed by atoms with Gasteiger partial charge in [-0.3, -0.25) is 4.90 Å². The maximum Gasteiger partial charge on any atom is 0.323 e. The Kier molecular flexibility index (Phi) is 7.66. The third-order valence-electron chi connectivity index (χ3n) is 4.91. The summed E-state index contributed by atoms with van der Waals surface area (Å²) in [6, 6.07) is 9.47. The molecule has 0 saturated carbocycles. The molecule has 4 heteroatoms. The van der Waals surface area contributed by atoms with Gasteiger partial charge in [-0.05, 0) is 52.2 Å². The van der Waals surface area contributed by atoms with Gasteiger partial charge in [-0.25, -0.2) is 4.79 Å². The molecule has 1 atom stereocenters. The molecule has 2 rings (SSSR count). The first-order chi connectivity index (χ1) is 12.8. The Bertz CT molecular complexity index is 673. The number of hydrogen-bond acceptors (Lipinski definition) is 2. The molecular formula is C23H34N2O2. The van der Waals surface area contributed by atoms with Crippen LogP contribution in [0.2, 0.25) is 0 Å². The Morgan fingerprint density at radius 1 is 1.22 bits per heavy atom. The van der Waals surface area contributed by atoms with Crippen molar-refractivity contribution >= 4 is 11.7 Å². The Hall–Kier alpha value is -2.07. The average Bonchev–Trinajstić information content (AvgIpc) is 3.11. The van der Waals surface area contributed by atoms with E-state index in [1.165, 1.54) is 11.1 Å². The second-order valence-electron chi connectivity index (χ2n) is 8.28. The molecule has 0 radical (unpaired) electrons. The fraction of sp³-hybridized carbons (Fsp3) is 0.522. The SMILES string of the molecule is CC(C)=CCC/C(C)=C/CC(C)(C)C1OCCN1C(=O)Nc1ccccc1. The second-order valence-corrected chi connectivity index (χ2v) is 8.28. The Balaban J connectivity index is 1.97. The molecule has 4 nitrogen and oxygen atoms in total. The molecule has 0 aromatic heterocycles. The lowest BCUT2D eigenvalue weighted by Crippen LogP contribution is -2.46. The summed E-state index contributed by atoms with van der Waals surface area (Å²) in [5.74, 6) is 0. The molecule has 0 bridgehead atoms. The second kappa shape index (κ2) is 9.75. The zero-order valence-corrected chi connectivity index (χ0v) is 17.4. The number of rotatable bonds is 7. The van der Waals surface area contributed by atoms with Gasteiger partial charge in [0.25, 0.3) is 0 Å². The van der Waals surface area contributed by atoms with E-state index in [0.717, 1.165) is 24.9 Å². The number of nitrogens with zero attached hydrogens (tertiary/aromatic N) is 1. The van der Waals surface area contributed by atoms with Gasteiger partial charge in [-0.15, -0.1) is 0 Å². The van der Waals surface area contributed by atoms with Crippen molar-refractivity contribution in [3.05, 3.63) is 53.6 Å². The summed E-state index contributed by atoms with van der Waals surface area (Å²) >= 11 is 0. The van der Waals surface area contributed by atoms with Crippen molar-refractivity contribution in [2.45, 2.75) is 60.1 Å². The molecule has 1 aromatic rings. The number of nitrogens with one attached hydrogen (secondary N) is 1. The highest BCUT2D eigenvalue weighted by Crippen LogP contribution is 2.34. The highest BCUT2D eigenvalue weighted by Gasteiger charge is 2.40. The van der Waals surface area contributed by atoms with Crippen molar-refractivity contribution in [3.63, 3.8) is 0 Å².